The molecular weight excluding hydrogens is 184 g/mol. The SMILES string of the molecule is CC(C)C(N)Cc1ccc(F)cc1F. The second-order valence-corrected chi connectivity index (χ2v) is 3.85. The van der Waals surface area contributed by atoms with Gasteiger partial charge in [0.2, 0.25) is 0 Å². The summed E-state index contributed by atoms with van der Waals surface area (Å²) in [4.78, 5) is 0. The highest BCUT2D eigenvalue weighted by molar-refractivity contribution is 5.19. The topological polar surface area (TPSA) is 26.0 Å². The molecule has 0 aliphatic heterocycles. The van der Waals surface area contributed by atoms with Crippen molar-refractivity contribution in [2.24, 2.45) is 11.7 Å². The molecule has 1 nitrogen and oxygen atoms in total. The van der Waals surface area contributed by atoms with Gasteiger partial charge in [-0.3, -0.25) is 0 Å². The molecule has 1 atom stereocenters. The number of hydrogen-bond donors (Lipinski definition) is 1. The summed E-state index contributed by atoms with van der Waals surface area (Å²) in [5, 5.41) is 0. The van der Waals surface area contributed by atoms with Gasteiger partial charge >= 0.3 is 0 Å². The third-order valence-corrected chi connectivity index (χ3v) is 2.33. The highest BCUT2D eigenvalue weighted by Gasteiger charge is 2.11. The van der Waals surface area contributed by atoms with E-state index in [4.69, 9.17) is 5.73 Å². The second kappa shape index (κ2) is 4.51. The van der Waals surface area contributed by atoms with Crippen molar-refractivity contribution in [2.45, 2.75) is 26.3 Å². The van der Waals surface area contributed by atoms with E-state index in [9.17, 15) is 8.78 Å². The molecule has 1 aromatic carbocycles. The minimum absolute atomic E-state index is 0.0880. The van der Waals surface area contributed by atoms with Crippen LogP contribution >= 0.6 is 0 Å². The van der Waals surface area contributed by atoms with Gasteiger partial charge in [0.25, 0.3) is 0 Å². The van der Waals surface area contributed by atoms with Gasteiger partial charge in [-0.05, 0) is 24.0 Å². The molecule has 0 radical (unpaired) electrons. The summed E-state index contributed by atoms with van der Waals surface area (Å²) >= 11 is 0. The van der Waals surface area contributed by atoms with Crippen LogP contribution in [0.4, 0.5) is 8.78 Å². The van der Waals surface area contributed by atoms with Crippen molar-refractivity contribution in [3.8, 4) is 0 Å². The van der Waals surface area contributed by atoms with Crippen molar-refractivity contribution in [1.82, 2.24) is 0 Å². The molecule has 0 heterocycles. The molecule has 0 aliphatic rings. The summed E-state index contributed by atoms with van der Waals surface area (Å²) < 4.78 is 25.8. The van der Waals surface area contributed by atoms with E-state index in [-0.39, 0.29) is 6.04 Å². The third kappa shape index (κ3) is 2.77. The van der Waals surface area contributed by atoms with Gasteiger partial charge in [0.15, 0.2) is 0 Å². The first kappa shape index (κ1) is 11.1. The largest absolute Gasteiger partial charge is 0.327 e. The van der Waals surface area contributed by atoms with Crippen LogP contribution in [0.5, 0.6) is 0 Å². The molecule has 1 unspecified atom stereocenters. The summed E-state index contributed by atoms with van der Waals surface area (Å²) in [6.07, 6.45) is 0.448. The normalized spacial score (nSPS) is 13.3. The Labute approximate surface area is 82.9 Å². The molecule has 2 N–H and O–H groups in total. The molecule has 0 fully saturated rings. The van der Waals surface area contributed by atoms with E-state index in [0.29, 0.717) is 17.9 Å². The Bertz CT molecular complexity index is 310. The van der Waals surface area contributed by atoms with Crippen LogP contribution in [0.15, 0.2) is 18.2 Å². The Morgan fingerprint density at radius 1 is 1.29 bits per heavy atom. The standard InChI is InChI=1S/C11H15F2N/c1-7(2)11(14)5-8-3-4-9(12)6-10(8)13/h3-4,6-7,11H,5,14H2,1-2H3. The van der Waals surface area contributed by atoms with E-state index in [2.05, 4.69) is 0 Å². The average Bonchev–Trinajstić information content (AvgIpc) is 2.09. The Morgan fingerprint density at radius 3 is 2.43 bits per heavy atom. The lowest BCUT2D eigenvalue weighted by atomic mass is 9.97. The highest BCUT2D eigenvalue weighted by atomic mass is 19.1. The van der Waals surface area contributed by atoms with Crippen molar-refractivity contribution in [1.29, 1.82) is 0 Å². The molecule has 1 rings (SSSR count). The second-order valence-electron chi connectivity index (χ2n) is 3.85. The fourth-order valence-corrected chi connectivity index (χ4v) is 1.18. The Hall–Kier alpha value is -0.960. The first-order chi connectivity index (χ1) is 6.50. The summed E-state index contributed by atoms with van der Waals surface area (Å²) in [5.41, 5.74) is 6.27. The number of rotatable bonds is 3. The van der Waals surface area contributed by atoms with Gasteiger partial charge in [0.1, 0.15) is 11.6 Å². The number of hydrogen-bond acceptors (Lipinski definition) is 1. The predicted octanol–water partition coefficient (Wildman–Crippen LogP) is 2.49. The fourth-order valence-electron chi connectivity index (χ4n) is 1.18. The lowest BCUT2D eigenvalue weighted by Gasteiger charge is -2.15. The van der Waals surface area contributed by atoms with Crippen molar-refractivity contribution >= 4 is 0 Å². The fraction of sp³-hybridized carbons (Fsp3) is 0.455. The first-order valence-electron chi connectivity index (χ1n) is 4.70. The van der Waals surface area contributed by atoms with Crippen molar-refractivity contribution in [3.05, 3.63) is 35.4 Å². The predicted molar refractivity (Wildman–Crippen MR) is 52.9 cm³/mol. The summed E-state index contributed by atoms with van der Waals surface area (Å²) in [7, 11) is 0. The maximum Gasteiger partial charge on any atom is 0.129 e. The van der Waals surface area contributed by atoms with Gasteiger partial charge in [-0.15, -0.1) is 0 Å². The van der Waals surface area contributed by atoms with Crippen LogP contribution in [0.3, 0.4) is 0 Å². The molecule has 3 heteroatoms. The molecule has 0 amide bonds. The molecule has 14 heavy (non-hydrogen) atoms. The summed E-state index contributed by atoms with van der Waals surface area (Å²) in [6.45, 7) is 3.96. The zero-order valence-corrected chi connectivity index (χ0v) is 8.43. The number of benzene rings is 1. The lowest BCUT2D eigenvalue weighted by molar-refractivity contribution is 0.477. The molecule has 0 aliphatic carbocycles. The Balaban J connectivity index is 2.77. The van der Waals surface area contributed by atoms with Gasteiger partial charge in [-0.1, -0.05) is 19.9 Å². The van der Waals surface area contributed by atoms with Gasteiger partial charge in [0, 0.05) is 12.1 Å². The quantitative estimate of drug-likeness (QED) is 0.795. The van der Waals surface area contributed by atoms with Crippen LogP contribution in [0.25, 0.3) is 0 Å². The van der Waals surface area contributed by atoms with Crippen LogP contribution in [0.2, 0.25) is 0 Å². The smallest absolute Gasteiger partial charge is 0.129 e. The van der Waals surface area contributed by atoms with Gasteiger partial charge in [-0.2, -0.15) is 0 Å². The zero-order chi connectivity index (χ0) is 10.7. The van der Waals surface area contributed by atoms with Gasteiger partial charge in [0.05, 0.1) is 0 Å². The molecule has 1 aromatic rings. The molecular formula is C11H15F2N. The van der Waals surface area contributed by atoms with Crippen LogP contribution < -0.4 is 5.73 Å². The maximum absolute atomic E-state index is 13.2. The average molecular weight is 199 g/mol. The van der Waals surface area contributed by atoms with Crippen molar-refractivity contribution in [3.63, 3.8) is 0 Å². The molecule has 78 valence electrons. The highest BCUT2D eigenvalue weighted by Crippen LogP contribution is 2.13. The lowest BCUT2D eigenvalue weighted by Crippen LogP contribution is -2.29. The van der Waals surface area contributed by atoms with E-state index < -0.39 is 11.6 Å². The maximum atomic E-state index is 13.2. The van der Waals surface area contributed by atoms with Gasteiger partial charge < -0.3 is 5.73 Å². The van der Waals surface area contributed by atoms with E-state index in [1.54, 1.807) is 0 Å². The number of nitrogens with two attached hydrogens (primary N) is 1. The van der Waals surface area contributed by atoms with Crippen molar-refractivity contribution < 1.29 is 8.78 Å². The van der Waals surface area contributed by atoms with E-state index in [1.807, 2.05) is 13.8 Å². The molecule has 0 saturated carbocycles. The van der Waals surface area contributed by atoms with E-state index in [0.717, 1.165) is 6.07 Å². The van der Waals surface area contributed by atoms with Crippen LogP contribution in [-0.4, -0.2) is 6.04 Å². The molecule has 0 bridgehead atoms. The third-order valence-electron chi connectivity index (χ3n) is 2.33. The minimum atomic E-state index is -0.552. The van der Waals surface area contributed by atoms with Crippen LogP contribution in [-0.2, 0) is 6.42 Å². The van der Waals surface area contributed by atoms with Crippen molar-refractivity contribution in [2.75, 3.05) is 0 Å². The molecule has 0 aromatic heterocycles. The molecule has 0 spiro atoms. The first-order valence-corrected chi connectivity index (χ1v) is 4.70. The van der Waals surface area contributed by atoms with Gasteiger partial charge in [-0.25, -0.2) is 8.78 Å². The zero-order valence-electron chi connectivity index (χ0n) is 8.43. The van der Waals surface area contributed by atoms with E-state index in [1.165, 1.54) is 12.1 Å². The Kier molecular flexibility index (Phi) is 3.58. The number of halogens is 2. The summed E-state index contributed by atoms with van der Waals surface area (Å²) in [5.74, 6) is -0.773. The van der Waals surface area contributed by atoms with E-state index >= 15 is 0 Å². The summed E-state index contributed by atoms with van der Waals surface area (Å²) in [6, 6.07) is 3.51. The Morgan fingerprint density at radius 2 is 1.93 bits per heavy atom. The monoisotopic (exact) mass is 199 g/mol. The van der Waals surface area contributed by atoms with Crippen LogP contribution in [0, 0.1) is 17.6 Å². The minimum Gasteiger partial charge on any atom is -0.327 e. The molecule has 0 saturated heterocycles. The van der Waals surface area contributed by atoms with Crippen LogP contribution in [0.1, 0.15) is 19.4 Å².